The molecule has 10 heteroatoms. The minimum atomic E-state index is -3.52. The van der Waals surface area contributed by atoms with Crippen molar-refractivity contribution in [3.63, 3.8) is 0 Å². The fraction of sp³-hybridized carbons (Fsp3) is 0.500. The third-order valence-electron chi connectivity index (χ3n) is 1.46. The van der Waals surface area contributed by atoms with Crippen LogP contribution in [-0.2, 0) is 10.0 Å². The topological polar surface area (TPSA) is 102 Å². The highest BCUT2D eigenvalue weighted by Crippen LogP contribution is 2.25. The first-order valence-electron chi connectivity index (χ1n) is 4.11. The Bertz CT molecular complexity index is 472. The first-order valence-corrected chi connectivity index (χ1v) is 7.11. The average molecular weight is 286 g/mol. The first-order chi connectivity index (χ1) is 7.44. The van der Waals surface area contributed by atoms with Crippen molar-refractivity contribution in [3.05, 3.63) is 16.3 Å². The fourth-order valence-electron chi connectivity index (χ4n) is 0.826. The number of nitro groups is 1. The number of sulfonamides is 1. The summed E-state index contributed by atoms with van der Waals surface area (Å²) in [6.07, 6.45) is 1.31. The molecule has 0 radical (unpaired) electrons. The number of anilines is 1. The van der Waals surface area contributed by atoms with E-state index in [9.17, 15) is 18.5 Å². The van der Waals surface area contributed by atoms with Crippen molar-refractivity contribution in [3.8, 4) is 0 Å². The molecule has 1 aromatic rings. The smallest absolute Gasteiger partial charge is 0.258 e. The molecule has 0 unspecified atom stereocenters. The summed E-state index contributed by atoms with van der Waals surface area (Å²) < 4.78 is 24.9. The predicted molar refractivity (Wildman–Crippen MR) is 61.5 cm³/mol. The van der Waals surface area contributed by atoms with E-state index in [0.717, 1.165) is 6.20 Å². The number of nitrogens with one attached hydrogen (secondary N) is 1. The summed E-state index contributed by atoms with van der Waals surface area (Å²) >= 11 is 6.03. The van der Waals surface area contributed by atoms with Gasteiger partial charge in [0.15, 0.2) is 0 Å². The second-order valence-electron chi connectivity index (χ2n) is 2.72. The molecule has 0 amide bonds. The van der Waals surface area contributed by atoms with Gasteiger partial charge in [-0.1, -0.05) is 0 Å². The molecule has 0 aliphatic carbocycles. The van der Waals surface area contributed by atoms with Crippen LogP contribution in [0, 0.1) is 10.1 Å². The molecule has 90 valence electrons. The highest BCUT2D eigenvalue weighted by atomic mass is 35.5. The lowest BCUT2D eigenvalue weighted by atomic mass is 10.6. The van der Waals surface area contributed by atoms with Crippen molar-refractivity contribution in [1.82, 2.24) is 4.98 Å². The van der Waals surface area contributed by atoms with Crippen LogP contribution in [0.15, 0.2) is 6.20 Å². The normalized spacial score (nSPS) is 11.3. The van der Waals surface area contributed by atoms with Gasteiger partial charge in [0.25, 0.3) is 0 Å². The summed E-state index contributed by atoms with van der Waals surface area (Å²) in [7, 11) is -3.52. The summed E-state index contributed by atoms with van der Waals surface area (Å²) in [6, 6.07) is 0. The number of hydrogen-bond donors (Lipinski definition) is 1. The molecule has 0 atom stereocenters. The van der Waals surface area contributed by atoms with Gasteiger partial charge >= 0.3 is 5.00 Å². The van der Waals surface area contributed by atoms with Crippen LogP contribution in [-0.4, -0.2) is 30.0 Å². The van der Waals surface area contributed by atoms with E-state index in [4.69, 9.17) is 11.6 Å². The Morgan fingerprint density at radius 2 is 2.31 bits per heavy atom. The molecular weight excluding hydrogens is 278 g/mol. The van der Waals surface area contributed by atoms with Crippen molar-refractivity contribution in [2.75, 3.05) is 16.4 Å². The van der Waals surface area contributed by atoms with E-state index in [1.165, 1.54) is 0 Å². The lowest BCUT2D eigenvalue weighted by Crippen LogP contribution is -2.16. The van der Waals surface area contributed by atoms with Crippen LogP contribution in [0.2, 0.25) is 0 Å². The fourth-order valence-corrected chi connectivity index (χ4v) is 3.09. The van der Waals surface area contributed by atoms with E-state index in [1.807, 2.05) is 0 Å². The zero-order valence-electron chi connectivity index (χ0n) is 7.92. The van der Waals surface area contributed by atoms with Crippen molar-refractivity contribution >= 4 is 43.1 Å². The predicted octanol–water partition coefficient (Wildman–Crippen LogP) is 1.42. The maximum Gasteiger partial charge on any atom is 0.345 e. The molecule has 1 N–H and O–H groups in total. The van der Waals surface area contributed by atoms with Crippen LogP contribution in [0.25, 0.3) is 0 Å². The number of nitrogens with zero attached hydrogens (tertiary/aromatic N) is 2. The Labute approximate surface area is 101 Å². The molecule has 0 aliphatic rings. The summed E-state index contributed by atoms with van der Waals surface area (Å²) in [4.78, 5) is 13.3. The molecule has 0 spiro atoms. The van der Waals surface area contributed by atoms with Gasteiger partial charge in [0.05, 0.1) is 10.7 Å². The lowest BCUT2D eigenvalue weighted by molar-refractivity contribution is -0.380. The van der Waals surface area contributed by atoms with E-state index in [0.29, 0.717) is 17.8 Å². The first kappa shape index (κ1) is 13.1. The van der Waals surface area contributed by atoms with Crippen molar-refractivity contribution < 1.29 is 13.3 Å². The Morgan fingerprint density at radius 1 is 1.62 bits per heavy atom. The maximum atomic E-state index is 11.4. The number of thiazole rings is 1. The van der Waals surface area contributed by atoms with Gasteiger partial charge in [0.1, 0.15) is 6.20 Å². The van der Waals surface area contributed by atoms with Crippen molar-refractivity contribution in [2.24, 2.45) is 0 Å². The van der Waals surface area contributed by atoms with Gasteiger partial charge in [-0.05, 0) is 17.8 Å². The van der Waals surface area contributed by atoms with Gasteiger partial charge in [-0.3, -0.25) is 14.8 Å². The highest BCUT2D eigenvalue weighted by Gasteiger charge is 2.16. The van der Waals surface area contributed by atoms with Crippen molar-refractivity contribution in [2.45, 2.75) is 6.42 Å². The number of hydrogen-bond acceptors (Lipinski definition) is 6. The van der Waals surface area contributed by atoms with Crippen LogP contribution < -0.4 is 4.72 Å². The Morgan fingerprint density at radius 3 is 2.81 bits per heavy atom. The zero-order valence-corrected chi connectivity index (χ0v) is 10.3. The molecule has 0 fully saturated rings. The van der Waals surface area contributed by atoms with E-state index >= 15 is 0 Å². The average Bonchev–Trinajstić information content (AvgIpc) is 2.62. The van der Waals surface area contributed by atoms with Gasteiger partial charge in [-0.2, -0.15) is 0 Å². The standard InChI is InChI=1S/C6H8ClN3O4S2/c7-2-1-3-16(13,14)9-6-8-4-5(15-6)10(11)12/h4H,1-3H2,(H,8,9). The summed E-state index contributed by atoms with van der Waals surface area (Å²) in [5.74, 6) is 0.100. The SMILES string of the molecule is O=[N+]([O-])c1cnc(NS(=O)(=O)CCCCl)s1. The van der Waals surface area contributed by atoms with Crippen LogP contribution >= 0.6 is 22.9 Å². The Balaban J connectivity index is 2.69. The molecule has 0 bridgehead atoms. The zero-order chi connectivity index (χ0) is 12.2. The number of rotatable bonds is 6. The molecular formula is C6H8ClN3O4S2. The van der Waals surface area contributed by atoms with E-state index in [1.54, 1.807) is 0 Å². The largest absolute Gasteiger partial charge is 0.345 e. The van der Waals surface area contributed by atoms with Gasteiger partial charge in [-0.15, -0.1) is 11.6 Å². The second kappa shape index (κ2) is 5.41. The van der Waals surface area contributed by atoms with Crippen molar-refractivity contribution in [1.29, 1.82) is 0 Å². The minimum Gasteiger partial charge on any atom is -0.258 e. The summed E-state index contributed by atoms with van der Waals surface area (Å²) in [5.41, 5.74) is 0. The monoisotopic (exact) mass is 285 g/mol. The quantitative estimate of drug-likeness (QED) is 0.484. The van der Waals surface area contributed by atoms with E-state index in [2.05, 4.69) is 9.71 Å². The third kappa shape index (κ3) is 3.91. The molecule has 1 heterocycles. The summed E-state index contributed by atoms with van der Waals surface area (Å²) in [5, 5.41) is 10.1. The molecule has 0 aromatic carbocycles. The van der Waals surface area contributed by atoms with Crippen LogP contribution in [0.5, 0.6) is 0 Å². The Hall–Kier alpha value is -0.930. The maximum absolute atomic E-state index is 11.4. The van der Waals surface area contributed by atoms with Gasteiger partial charge in [0.2, 0.25) is 15.2 Å². The van der Waals surface area contributed by atoms with Crippen LogP contribution in [0.1, 0.15) is 6.42 Å². The molecule has 0 saturated carbocycles. The second-order valence-corrected chi connectivity index (χ2v) is 5.95. The van der Waals surface area contributed by atoms with Gasteiger partial charge in [0, 0.05) is 5.88 Å². The highest BCUT2D eigenvalue weighted by molar-refractivity contribution is 7.92. The lowest BCUT2D eigenvalue weighted by Gasteiger charge is -2.02. The van der Waals surface area contributed by atoms with E-state index < -0.39 is 14.9 Å². The van der Waals surface area contributed by atoms with E-state index in [-0.39, 0.29) is 21.8 Å². The number of halogens is 1. The molecule has 7 nitrogen and oxygen atoms in total. The number of aromatic nitrogens is 1. The third-order valence-corrected chi connectivity index (χ3v) is 4.05. The molecule has 1 rings (SSSR count). The summed E-state index contributed by atoms with van der Waals surface area (Å²) in [6.45, 7) is 0. The molecule has 1 aromatic heterocycles. The molecule has 16 heavy (non-hydrogen) atoms. The van der Waals surface area contributed by atoms with Gasteiger partial charge in [-0.25, -0.2) is 13.4 Å². The molecule has 0 saturated heterocycles. The van der Waals surface area contributed by atoms with Crippen LogP contribution in [0.4, 0.5) is 10.1 Å². The Kier molecular flexibility index (Phi) is 4.44. The number of alkyl halides is 1. The minimum absolute atomic E-state index is 0.0127. The molecule has 0 aliphatic heterocycles. The van der Waals surface area contributed by atoms with Crippen LogP contribution in [0.3, 0.4) is 0 Å². The van der Waals surface area contributed by atoms with Gasteiger partial charge < -0.3 is 0 Å².